The molecule has 1 atom stereocenters. The summed E-state index contributed by atoms with van der Waals surface area (Å²) >= 11 is 0. The van der Waals surface area contributed by atoms with Crippen LogP contribution in [0, 0.1) is 5.92 Å². The Bertz CT molecular complexity index is 591. The van der Waals surface area contributed by atoms with Gasteiger partial charge in [0.05, 0.1) is 12.8 Å². The van der Waals surface area contributed by atoms with E-state index >= 15 is 0 Å². The van der Waals surface area contributed by atoms with Crippen molar-refractivity contribution in [2.75, 3.05) is 37.4 Å². The Labute approximate surface area is 142 Å². The van der Waals surface area contributed by atoms with Crippen LogP contribution >= 0.6 is 0 Å². The van der Waals surface area contributed by atoms with Crippen molar-refractivity contribution in [3.8, 4) is 5.75 Å². The first-order valence-electron chi connectivity index (χ1n) is 8.22. The lowest BCUT2D eigenvalue weighted by molar-refractivity contribution is -0.115. The second-order valence-corrected chi connectivity index (χ2v) is 5.88. The number of benzene rings is 1. The molecule has 7 nitrogen and oxygen atoms in total. The number of likely N-dealkylation sites (tertiary alicyclic amines) is 1. The number of aliphatic hydroxyl groups excluding tert-OH is 1. The number of carbonyl (C=O) groups excluding carboxylic acids is 2. The summed E-state index contributed by atoms with van der Waals surface area (Å²) in [5.74, 6) is 0.548. The molecule has 0 saturated carbocycles. The number of aliphatic hydroxyl groups is 1. The standard InChI is InChI=1S/C17H25N3O4/c1-3-16(22)19-14-9-13(6-7-15(14)24-2)18-17(23)20-8-4-5-12(10-20)11-21/h6-7,9,12,21H,3-5,8,10-11H2,1-2H3,(H,18,23)(H,19,22)/t12-/m1/s1. The molecule has 0 spiro atoms. The van der Waals surface area contributed by atoms with Gasteiger partial charge in [-0.3, -0.25) is 4.79 Å². The average Bonchev–Trinajstić information content (AvgIpc) is 2.61. The summed E-state index contributed by atoms with van der Waals surface area (Å²) in [5.41, 5.74) is 1.10. The van der Waals surface area contributed by atoms with Crippen molar-refractivity contribution in [2.24, 2.45) is 5.92 Å². The second-order valence-electron chi connectivity index (χ2n) is 5.88. The zero-order chi connectivity index (χ0) is 17.5. The normalized spacial score (nSPS) is 17.3. The lowest BCUT2D eigenvalue weighted by Crippen LogP contribution is -2.43. The summed E-state index contributed by atoms with van der Waals surface area (Å²) in [6.45, 7) is 3.09. The van der Waals surface area contributed by atoms with Crippen LogP contribution in [0.15, 0.2) is 18.2 Å². The number of nitrogens with one attached hydrogen (secondary N) is 2. The molecule has 24 heavy (non-hydrogen) atoms. The number of ether oxygens (including phenoxy) is 1. The van der Waals surface area contributed by atoms with Crippen LogP contribution in [0.1, 0.15) is 26.2 Å². The number of amides is 3. The number of piperidine rings is 1. The Morgan fingerprint density at radius 1 is 1.38 bits per heavy atom. The van der Waals surface area contributed by atoms with Crippen molar-refractivity contribution >= 4 is 23.3 Å². The third kappa shape index (κ3) is 4.61. The van der Waals surface area contributed by atoms with Crippen LogP contribution in [0.4, 0.5) is 16.2 Å². The van der Waals surface area contributed by atoms with E-state index in [1.54, 1.807) is 30.0 Å². The molecule has 132 valence electrons. The van der Waals surface area contributed by atoms with E-state index in [0.29, 0.717) is 36.6 Å². The molecular formula is C17H25N3O4. The van der Waals surface area contributed by atoms with Gasteiger partial charge in [0.1, 0.15) is 5.75 Å². The third-order valence-electron chi connectivity index (χ3n) is 4.11. The maximum absolute atomic E-state index is 12.4. The molecule has 2 rings (SSSR count). The Balaban J connectivity index is 2.07. The molecule has 3 N–H and O–H groups in total. The number of hydrogen-bond acceptors (Lipinski definition) is 4. The van der Waals surface area contributed by atoms with E-state index in [4.69, 9.17) is 4.74 Å². The molecule has 0 aromatic heterocycles. The summed E-state index contributed by atoms with van der Waals surface area (Å²) in [5, 5.41) is 14.9. The van der Waals surface area contributed by atoms with Crippen molar-refractivity contribution in [3.63, 3.8) is 0 Å². The van der Waals surface area contributed by atoms with Gasteiger partial charge in [0, 0.05) is 31.8 Å². The van der Waals surface area contributed by atoms with Crippen molar-refractivity contribution < 1.29 is 19.4 Å². The van der Waals surface area contributed by atoms with Crippen molar-refractivity contribution in [2.45, 2.75) is 26.2 Å². The van der Waals surface area contributed by atoms with Crippen LogP contribution in [0.25, 0.3) is 0 Å². The maximum atomic E-state index is 12.4. The fourth-order valence-corrected chi connectivity index (χ4v) is 2.72. The van der Waals surface area contributed by atoms with Crippen molar-refractivity contribution in [1.29, 1.82) is 0 Å². The Morgan fingerprint density at radius 2 is 2.17 bits per heavy atom. The van der Waals surface area contributed by atoms with Crippen LogP contribution in [-0.4, -0.2) is 48.8 Å². The number of anilines is 2. The largest absolute Gasteiger partial charge is 0.495 e. The summed E-state index contributed by atoms with van der Waals surface area (Å²) in [4.78, 5) is 25.7. The Hall–Kier alpha value is -2.28. The van der Waals surface area contributed by atoms with Crippen molar-refractivity contribution in [3.05, 3.63) is 18.2 Å². The van der Waals surface area contributed by atoms with E-state index in [1.807, 2.05) is 0 Å². The molecule has 0 radical (unpaired) electrons. The van der Waals surface area contributed by atoms with E-state index in [9.17, 15) is 14.7 Å². The highest BCUT2D eigenvalue weighted by atomic mass is 16.5. The summed E-state index contributed by atoms with van der Waals surface area (Å²) < 4.78 is 5.23. The number of carbonyl (C=O) groups is 2. The molecule has 3 amide bonds. The fourth-order valence-electron chi connectivity index (χ4n) is 2.72. The van der Waals surface area contributed by atoms with Gasteiger partial charge in [-0.05, 0) is 37.0 Å². The molecule has 7 heteroatoms. The van der Waals surface area contributed by atoms with Crippen LogP contribution in [0.3, 0.4) is 0 Å². The van der Waals surface area contributed by atoms with Gasteiger partial charge in [-0.25, -0.2) is 4.79 Å². The number of methoxy groups -OCH3 is 1. The first-order chi connectivity index (χ1) is 11.6. The van der Waals surface area contributed by atoms with Crippen LogP contribution in [0.5, 0.6) is 5.75 Å². The van der Waals surface area contributed by atoms with Gasteiger partial charge >= 0.3 is 6.03 Å². The van der Waals surface area contributed by atoms with E-state index in [0.717, 1.165) is 12.8 Å². The number of hydrogen-bond donors (Lipinski definition) is 3. The molecule has 1 aromatic carbocycles. The zero-order valence-corrected chi connectivity index (χ0v) is 14.2. The average molecular weight is 335 g/mol. The summed E-state index contributed by atoms with van der Waals surface area (Å²) in [6.07, 6.45) is 2.19. The van der Waals surface area contributed by atoms with Gasteiger partial charge < -0.3 is 25.4 Å². The van der Waals surface area contributed by atoms with Gasteiger partial charge in [-0.1, -0.05) is 6.92 Å². The molecular weight excluding hydrogens is 310 g/mol. The van der Waals surface area contributed by atoms with Crippen LogP contribution in [-0.2, 0) is 4.79 Å². The van der Waals surface area contributed by atoms with Gasteiger partial charge in [-0.2, -0.15) is 0 Å². The van der Waals surface area contributed by atoms with Crippen molar-refractivity contribution in [1.82, 2.24) is 4.90 Å². The van der Waals surface area contributed by atoms with Gasteiger partial charge in [0.2, 0.25) is 5.91 Å². The minimum atomic E-state index is -0.203. The number of urea groups is 1. The summed E-state index contributed by atoms with van der Waals surface area (Å²) in [7, 11) is 1.53. The molecule has 1 aromatic rings. The maximum Gasteiger partial charge on any atom is 0.321 e. The van der Waals surface area contributed by atoms with E-state index in [2.05, 4.69) is 10.6 Å². The highest BCUT2D eigenvalue weighted by molar-refractivity contribution is 5.95. The van der Waals surface area contributed by atoms with E-state index < -0.39 is 0 Å². The lowest BCUT2D eigenvalue weighted by Gasteiger charge is -2.31. The monoisotopic (exact) mass is 335 g/mol. The van der Waals surface area contributed by atoms with Gasteiger partial charge in [-0.15, -0.1) is 0 Å². The van der Waals surface area contributed by atoms with Gasteiger partial charge in [0.25, 0.3) is 0 Å². The Kier molecular flexibility index (Phi) is 6.43. The molecule has 1 heterocycles. The van der Waals surface area contributed by atoms with E-state index in [1.165, 1.54) is 7.11 Å². The minimum Gasteiger partial charge on any atom is -0.495 e. The Morgan fingerprint density at radius 3 is 2.83 bits per heavy atom. The van der Waals surface area contributed by atoms with Crippen LogP contribution in [0.2, 0.25) is 0 Å². The SMILES string of the molecule is CCC(=O)Nc1cc(NC(=O)N2CCC[C@@H](CO)C2)ccc1OC. The molecule has 0 aliphatic carbocycles. The first-order valence-corrected chi connectivity index (χ1v) is 8.22. The van der Waals surface area contributed by atoms with Gasteiger partial charge in [0.15, 0.2) is 0 Å². The predicted molar refractivity (Wildman–Crippen MR) is 92.3 cm³/mol. The predicted octanol–water partition coefficient (Wildman–Crippen LogP) is 2.28. The number of nitrogens with zero attached hydrogens (tertiary/aromatic N) is 1. The quantitative estimate of drug-likeness (QED) is 0.770. The number of rotatable bonds is 5. The third-order valence-corrected chi connectivity index (χ3v) is 4.11. The van der Waals surface area contributed by atoms with E-state index in [-0.39, 0.29) is 24.5 Å². The lowest BCUT2D eigenvalue weighted by atomic mass is 9.99. The molecule has 1 saturated heterocycles. The molecule has 0 bridgehead atoms. The molecule has 1 aliphatic rings. The molecule has 0 unspecified atom stereocenters. The molecule has 1 fully saturated rings. The highest BCUT2D eigenvalue weighted by Crippen LogP contribution is 2.28. The van der Waals surface area contributed by atoms with Crippen LogP contribution < -0.4 is 15.4 Å². The minimum absolute atomic E-state index is 0.0967. The smallest absolute Gasteiger partial charge is 0.321 e. The zero-order valence-electron chi connectivity index (χ0n) is 14.2. The second kappa shape index (κ2) is 8.54. The summed E-state index contributed by atoms with van der Waals surface area (Å²) in [6, 6.07) is 4.91. The fraction of sp³-hybridized carbons (Fsp3) is 0.529. The topological polar surface area (TPSA) is 90.9 Å². The highest BCUT2D eigenvalue weighted by Gasteiger charge is 2.23. The first kappa shape index (κ1) is 18.1. The molecule has 1 aliphatic heterocycles.